The van der Waals surface area contributed by atoms with Gasteiger partial charge < -0.3 is 10.2 Å². The molecule has 0 aromatic rings. The van der Waals surface area contributed by atoms with Crippen LogP contribution >= 0.6 is 0 Å². The van der Waals surface area contributed by atoms with E-state index < -0.39 is 37.0 Å². The Morgan fingerprint density at radius 3 is 1.83 bits per heavy atom. The molecule has 0 aromatic heterocycles. The molecule has 1 radical (unpaired) electrons. The third kappa shape index (κ3) is 7.40. The molecule has 0 amide bonds. The van der Waals surface area contributed by atoms with Crippen LogP contribution in [0.15, 0.2) is 0 Å². The van der Waals surface area contributed by atoms with Crippen molar-refractivity contribution in [1.82, 2.24) is 0 Å². The van der Waals surface area contributed by atoms with Crippen molar-refractivity contribution in [3.05, 3.63) is 0 Å². The molecule has 0 aromatic carbocycles. The van der Waals surface area contributed by atoms with Gasteiger partial charge in [0, 0.05) is 17.1 Å². The molecule has 0 heterocycles. The largest absolute Gasteiger partial charge is 0.481 e. The van der Waals surface area contributed by atoms with Crippen molar-refractivity contribution in [2.75, 3.05) is 6.61 Å². The van der Waals surface area contributed by atoms with E-state index in [1.807, 2.05) is 0 Å². The molecular formula is C6H8CuO5. The molecule has 0 spiro atoms. The molecule has 0 aliphatic carbocycles. The fraction of sp³-hybridized carbons (Fsp3) is 0.500. The molecule has 0 aliphatic rings. The zero-order valence-corrected chi connectivity index (χ0v) is 6.98. The summed E-state index contributed by atoms with van der Waals surface area (Å²) in [7, 11) is 0. The number of aliphatic hydroxyl groups excluding tert-OH is 1. The molecule has 0 bridgehead atoms. The van der Waals surface area contributed by atoms with E-state index in [2.05, 4.69) is 0 Å². The van der Waals surface area contributed by atoms with Crippen LogP contribution in [0.1, 0.15) is 12.8 Å². The van der Waals surface area contributed by atoms with Crippen LogP contribution in [-0.2, 0) is 31.5 Å². The standard InChI is InChI=1S/C6H8O5.Cu/c7-3-5(9)1-4(8)2-6(10)11;/h7H,1-3H2,(H,10,11);. The Balaban J connectivity index is 0. The number of rotatable bonds is 5. The number of carboxylic acids is 1. The summed E-state index contributed by atoms with van der Waals surface area (Å²) in [6, 6.07) is 0. The third-order valence-corrected chi connectivity index (χ3v) is 0.919. The van der Waals surface area contributed by atoms with Crippen LogP contribution in [0.4, 0.5) is 0 Å². The molecule has 0 rings (SSSR count). The average Bonchev–Trinajstić information content (AvgIpc) is 1.85. The van der Waals surface area contributed by atoms with E-state index in [1.54, 1.807) is 0 Å². The fourth-order valence-electron chi connectivity index (χ4n) is 0.507. The maximum atomic E-state index is 10.5. The molecule has 73 valence electrons. The van der Waals surface area contributed by atoms with Gasteiger partial charge in [0.05, 0.1) is 6.42 Å². The van der Waals surface area contributed by atoms with E-state index in [-0.39, 0.29) is 17.1 Å². The Morgan fingerprint density at radius 2 is 1.50 bits per heavy atom. The zero-order chi connectivity index (χ0) is 8.85. The van der Waals surface area contributed by atoms with Gasteiger partial charge in [0.2, 0.25) is 0 Å². The average molecular weight is 224 g/mol. The van der Waals surface area contributed by atoms with Gasteiger partial charge in [-0.1, -0.05) is 0 Å². The van der Waals surface area contributed by atoms with Crippen molar-refractivity contribution in [3.8, 4) is 0 Å². The van der Waals surface area contributed by atoms with Gasteiger partial charge in [0.15, 0.2) is 11.6 Å². The van der Waals surface area contributed by atoms with Crippen LogP contribution in [0.5, 0.6) is 0 Å². The summed E-state index contributed by atoms with van der Waals surface area (Å²) < 4.78 is 0. The van der Waals surface area contributed by atoms with Crippen molar-refractivity contribution in [2.45, 2.75) is 12.8 Å². The monoisotopic (exact) mass is 223 g/mol. The van der Waals surface area contributed by atoms with E-state index in [0.717, 1.165) is 0 Å². The van der Waals surface area contributed by atoms with E-state index in [0.29, 0.717) is 0 Å². The van der Waals surface area contributed by atoms with Crippen LogP contribution in [0.25, 0.3) is 0 Å². The molecular weight excluding hydrogens is 216 g/mol. The van der Waals surface area contributed by atoms with Crippen molar-refractivity contribution in [1.29, 1.82) is 0 Å². The van der Waals surface area contributed by atoms with Crippen molar-refractivity contribution < 1.29 is 41.7 Å². The number of carboxylic acid groups (broad SMARTS) is 1. The van der Waals surface area contributed by atoms with Crippen LogP contribution in [0.2, 0.25) is 0 Å². The zero-order valence-electron chi connectivity index (χ0n) is 6.04. The molecule has 2 N–H and O–H groups in total. The van der Waals surface area contributed by atoms with Crippen LogP contribution in [0.3, 0.4) is 0 Å². The first-order valence-electron chi connectivity index (χ1n) is 2.92. The van der Waals surface area contributed by atoms with E-state index in [1.165, 1.54) is 0 Å². The van der Waals surface area contributed by atoms with Crippen molar-refractivity contribution in [2.24, 2.45) is 0 Å². The molecule has 0 unspecified atom stereocenters. The molecule has 0 saturated heterocycles. The van der Waals surface area contributed by atoms with E-state index in [4.69, 9.17) is 10.2 Å². The van der Waals surface area contributed by atoms with Gasteiger partial charge >= 0.3 is 5.97 Å². The maximum absolute atomic E-state index is 10.5. The van der Waals surface area contributed by atoms with Crippen molar-refractivity contribution in [3.63, 3.8) is 0 Å². The second kappa shape index (κ2) is 6.97. The number of hydrogen-bond donors (Lipinski definition) is 2. The summed E-state index contributed by atoms with van der Waals surface area (Å²) in [5, 5.41) is 16.2. The molecule has 0 saturated carbocycles. The van der Waals surface area contributed by atoms with Gasteiger partial charge in [-0.2, -0.15) is 0 Å². The molecule has 12 heavy (non-hydrogen) atoms. The minimum atomic E-state index is -1.26. The molecule has 5 nitrogen and oxygen atoms in total. The summed E-state index contributed by atoms with van der Waals surface area (Å²) >= 11 is 0. The Morgan fingerprint density at radius 1 is 1.00 bits per heavy atom. The third-order valence-electron chi connectivity index (χ3n) is 0.919. The minimum absolute atomic E-state index is 0. The quantitative estimate of drug-likeness (QED) is 0.460. The van der Waals surface area contributed by atoms with Gasteiger partial charge in [-0.25, -0.2) is 0 Å². The summed E-state index contributed by atoms with van der Waals surface area (Å²) in [5.74, 6) is -2.60. The first kappa shape index (κ1) is 13.9. The van der Waals surface area contributed by atoms with Crippen LogP contribution in [-0.4, -0.2) is 34.4 Å². The predicted octanol–water partition coefficient (Wildman–Crippen LogP) is -1.02. The molecule has 6 heteroatoms. The summed E-state index contributed by atoms with van der Waals surface area (Å²) in [6.07, 6.45) is -1.16. The van der Waals surface area contributed by atoms with Gasteiger partial charge in [-0.05, 0) is 0 Å². The number of aliphatic hydroxyl groups is 1. The van der Waals surface area contributed by atoms with Gasteiger partial charge in [0.25, 0.3) is 0 Å². The molecule has 0 fully saturated rings. The molecule has 0 aliphatic heterocycles. The van der Waals surface area contributed by atoms with Crippen LogP contribution < -0.4 is 0 Å². The normalized spacial score (nSPS) is 8.42. The fourth-order valence-corrected chi connectivity index (χ4v) is 0.507. The first-order valence-corrected chi connectivity index (χ1v) is 2.92. The Kier molecular flexibility index (Phi) is 8.04. The number of carbonyl (C=O) groups excluding carboxylic acids is 2. The summed E-state index contributed by atoms with van der Waals surface area (Å²) in [6.45, 7) is -0.717. The minimum Gasteiger partial charge on any atom is -0.481 e. The summed E-state index contributed by atoms with van der Waals surface area (Å²) in [4.78, 5) is 30.7. The van der Waals surface area contributed by atoms with E-state index in [9.17, 15) is 14.4 Å². The number of carbonyl (C=O) groups is 3. The van der Waals surface area contributed by atoms with E-state index >= 15 is 0 Å². The Hall–Kier alpha value is -0.711. The SMILES string of the molecule is O=C(O)CC(=O)CC(=O)CO.[Cu]. The topological polar surface area (TPSA) is 91.7 Å². The Bertz CT molecular complexity index is 188. The number of hydrogen-bond acceptors (Lipinski definition) is 4. The van der Waals surface area contributed by atoms with Crippen molar-refractivity contribution >= 4 is 17.5 Å². The predicted molar refractivity (Wildman–Crippen MR) is 34.0 cm³/mol. The van der Waals surface area contributed by atoms with Gasteiger partial charge in [-0.3, -0.25) is 14.4 Å². The second-order valence-electron chi connectivity index (χ2n) is 1.98. The number of Topliss-reactive ketones (excluding diaryl/α,β-unsaturated/α-hetero) is 2. The maximum Gasteiger partial charge on any atom is 0.310 e. The Labute approximate surface area is 79.2 Å². The first-order chi connectivity index (χ1) is 5.06. The summed E-state index contributed by atoms with van der Waals surface area (Å²) in [5.41, 5.74) is 0. The smallest absolute Gasteiger partial charge is 0.310 e. The second-order valence-corrected chi connectivity index (χ2v) is 1.98. The number of aliphatic carboxylic acids is 1. The number of ketones is 2. The van der Waals surface area contributed by atoms with Gasteiger partial charge in [0.1, 0.15) is 13.0 Å². The van der Waals surface area contributed by atoms with Gasteiger partial charge in [-0.15, -0.1) is 0 Å². The molecule has 0 atom stereocenters. The van der Waals surface area contributed by atoms with Crippen LogP contribution in [0, 0.1) is 0 Å².